The van der Waals surface area contributed by atoms with Crippen LogP contribution in [0.25, 0.3) is 0 Å². The number of nitrogens with one attached hydrogen (secondary N) is 1. The van der Waals surface area contributed by atoms with E-state index in [9.17, 15) is 13.6 Å². The van der Waals surface area contributed by atoms with Crippen LogP contribution in [0.4, 0.5) is 14.5 Å². The Kier molecular flexibility index (Phi) is 4.84. The molecule has 0 bridgehead atoms. The zero-order valence-electron chi connectivity index (χ0n) is 9.50. The van der Waals surface area contributed by atoms with Crippen LogP contribution in [0, 0.1) is 11.6 Å². The van der Waals surface area contributed by atoms with Gasteiger partial charge >= 0.3 is 5.97 Å². The number of methoxy groups -OCH3 is 1. The number of esters is 1. The van der Waals surface area contributed by atoms with Crippen LogP contribution < -0.4 is 5.32 Å². The van der Waals surface area contributed by atoms with E-state index in [4.69, 9.17) is 9.47 Å². The fraction of sp³-hybridized carbons (Fsp3) is 0.364. The van der Waals surface area contributed by atoms with Gasteiger partial charge in [0, 0.05) is 18.9 Å². The van der Waals surface area contributed by atoms with Crippen molar-refractivity contribution in [1.29, 1.82) is 0 Å². The fourth-order valence-corrected chi connectivity index (χ4v) is 1.17. The predicted molar refractivity (Wildman–Crippen MR) is 57.4 cm³/mol. The van der Waals surface area contributed by atoms with Gasteiger partial charge < -0.3 is 14.8 Å². The fourth-order valence-electron chi connectivity index (χ4n) is 1.17. The van der Waals surface area contributed by atoms with Crippen molar-refractivity contribution in [1.82, 2.24) is 0 Å². The lowest BCUT2D eigenvalue weighted by atomic mass is 10.3. The van der Waals surface area contributed by atoms with Gasteiger partial charge in [-0.2, -0.15) is 0 Å². The van der Waals surface area contributed by atoms with E-state index in [0.29, 0.717) is 0 Å². The summed E-state index contributed by atoms with van der Waals surface area (Å²) in [5.74, 6) is -2.59. The van der Waals surface area contributed by atoms with Crippen molar-refractivity contribution in [2.75, 3.05) is 19.0 Å². The summed E-state index contributed by atoms with van der Waals surface area (Å²) in [5.41, 5.74) is 0.226. The van der Waals surface area contributed by atoms with E-state index in [1.54, 1.807) is 6.92 Å². The van der Waals surface area contributed by atoms with Crippen LogP contribution in [-0.2, 0) is 14.3 Å². The van der Waals surface area contributed by atoms with Gasteiger partial charge in [0.25, 0.3) is 0 Å². The van der Waals surface area contributed by atoms with Gasteiger partial charge in [-0.05, 0) is 19.1 Å². The van der Waals surface area contributed by atoms with Crippen molar-refractivity contribution in [2.24, 2.45) is 0 Å². The molecule has 0 saturated heterocycles. The highest BCUT2D eigenvalue weighted by Crippen LogP contribution is 2.14. The second-order valence-electron chi connectivity index (χ2n) is 3.14. The van der Waals surface area contributed by atoms with Crippen LogP contribution in [0.15, 0.2) is 18.2 Å². The van der Waals surface area contributed by atoms with Crippen LogP contribution >= 0.6 is 0 Å². The molecule has 1 unspecified atom stereocenters. The Morgan fingerprint density at radius 1 is 1.41 bits per heavy atom. The third-order valence-corrected chi connectivity index (χ3v) is 1.95. The third-order valence-electron chi connectivity index (χ3n) is 1.95. The summed E-state index contributed by atoms with van der Waals surface area (Å²) in [4.78, 5) is 11.4. The van der Waals surface area contributed by atoms with Gasteiger partial charge in [-0.25, -0.2) is 13.6 Å². The Morgan fingerprint density at radius 2 is 2.12 bits per heavy atom. The summed E-state index contributed by atoms with van der Waals surface area (Å²) >= 11 is 0. The van der Waals surface area contributed by atoms with Gasteiger partial charge in [0.1, 0.15) is 0 Å². The molecule has 0 aliphatic carbocycles. The molecule has 0 amide bonds. The van der Waals surface area contributed by atoms with E-state index in [0.717, 1.165) is 12.1 Å². The molecule has 1 aromatic carbocycles. The molecule has 1 atom stereocenters. The number of halogens is 2. The highest BCUT2D eigenvalue weighted by Gasteiger charge is 2.19. The summed E-state index contributed by atoms with van der Waals surface area (Å²) in [6.07, 6.45) is -1.06. The minimum absolute atomic E-state index is 0.207. The third kappa shape index (κ3) is 3.67. The lowest BCUT2D eigenvalue weighted by Crippen LogP contribution is -2.33. The van der Waals surface area contributed by atoms with Crippen LogP contribution in [0.1, 0.15) is 6.92 Å². The summed E-state index contributed by atoms with van der Waals surface area (Å²) < 4.78 is 35.1. The SMILES string of the molecule is CCOC(=O)C(Nc1ccc(F)c(F)c1)OC. The Bertz CT molecular complexity index is 398. The smallest absolute Gasteiger partial charge is 0.356 e. The van der Waals surface area contributed by atoms with Crippen molar-refractivity contribution in [3.63, 3.8) is 0 Å². The molecule has 0 heterocycles. The number of benzene rings is 1. The van der Waals surface area contributed by atoms with Crippen LogP contribution in [-0.4, -0.2) is 25.9 Å². The second-order valence-corrected chi connectivity index (χ2v) is 3.14. The molecule has 1 N–H and O–H groups in total. The molecular formula is C11H13F2NO3. The molecule has 1 rings (SSSR count). The topological polar surface area (TPSA) is 47.6 Å². The monoisotopic (exact) mass is 245 g/mol. The van der Waals surface area contributed by atoms with Gasteiger partial charge in [-0.15, -0.1) is 0 Å². The van der Waals surface area contributed by atoms with Gasteiger partial charge in [0.15, 0.2) is 11.6 Å². The van der Waals surface area contributed by atoms with Gasteiger partial charge in [-0.1, -0.05) is 0 Å². The number of ether oxygens (including phenoxy) is 2. The summed E-state index contributed by atoms with van der Waals surface area (Å²) in [5, 5.41) is 2.58. The van der Waals surface area contributed by atoms with Gasteiger partial charge in [0.2, 0.25) is 6.23 Å². The quantitative estimate of drug-likeness (QED) is 0.636. The molecule has 0 fully saturated rings. The Balaban J connectivity index is 2.73. The van der Waals surface area contributed by atoms with Gasteiger partial charge in [-0.3, -0.25) is 0 Å². The zero-order valence-corrected chi connectivity index (χ0v) is 9.50. The van der Waals surface area contributed by atoms with Crippen LogP contribution in [0.2, 0.25) is 0 Å². The molecule has 0 saturated carbocycles. The maximum Gasteiger partial charge on any atom is 0.356 e. The lowest BCUT2D eigenvalue weighted by molar-refractivity contribution is -0.153. The first-order chi connectivity index (χ1) is 8.08. The van der Waals surface area contributed by atoms with E-state index in [2.05, 4.69) is 5.32 Å². The predicted octanol–water partition coefficient (Wildman–Crippen LogP) is 1.91. The van der Waals surface area contributed by atoms with E-state index in [1.165, 1.54) is 13.2 Å². The number of rotatable bonds is 5. The molecule has 4 nitrogen and oxygen atoms in total. The summed E-state index contributed by atoms with van der Waals surface area (Å²) in [6, 6.07) is 3.18. The number of carbonyl (C=O) groups excluding carboxylic acids is 1. The molecule has 94 valence electrons. The standard InChI is InChI=1S/C11H13F2NO3/c1-3-17-11(15)10(16-2)14-7-4-5-8(12)9(13)6-7/h4-6,10,14H,3H2,1-2H3. The normalized spacial score (nSPS) is 12.0. The maximum absolute atomic E-state index is 12.9. The van der Waals surface area contributed by atoms with Crippen molar-refractivity contribution >= 4 is 11.7 Å². The summed E-state index contributed by atoms with van der Waals surface area (Å²) in [7, 11) is 1.30. The number of carbonyl (C=O) groups is 1. The van der Waals surface area contributed by atoms with E-state index < -0.39 is 23.8 Å². The van der Waals surface area contributed by atoms with Crippen molar-refractivity contribution in [3.05, 3.63) is 29.8 Å². The average Bonchev–Trinajstić information content (AvgIpc) is 2.30. The second kappa shape index (κ2) is 6.15. The molecule has 0 radical (unpaired) electrons. The van der Waals surface area contributed by atoms with E-state index in [1.807, 2.05) is 0 Å². The largest absolute Gasteiger partial charge is 0.463 e. The van der Waals surface area contributed by atoms with E-state index >= 15 is 0 Å². The first-order valence-corrected chi connectivity index (χ1v) is 4.99. The number of hydrogen-bond donors (Lipinski definition) is 1. The molecule has 1 aromatic rings. The lowest BCUT2D eigenvalue weighted by Gasteiger charge is -2.16. The number of anilines is 1. The molecule has 6 heteroatoms. The first-order valence-electron chi connectivity index (χ1n) is 4.99. The molecule has 0 aliphatic heterocycles. The molecular weight excluding hydrogens is 232 g/mol. The van der Waals surface area contributed by atoms with Crippen molar-refractivity contribution < 1.29 is 23.0 Å². The zero-order chi connectivity index (χ0) is 12.8. The molecule has 0 spiro atoms. The Morgan fingerprint density at radius 3 is 2.65 bits per heavy atom. The Labute approximate surface area is 97.5 Å². The molecule has 17 heavy (non-hydrogen) atoms. The minimum atomic E-state index is -1.06. The van der Waals surface area contributed by atoms with Crippen LogP contribution in [0.3, 0.4) is 0 Å². The highest BCUT2D eigenvalue weighted by molar-refractivity contribution is 5.77. The average molecular weight is 245 g/mol. The van der Waals surface area contributed by atoms with Crippen LogP contribution in [0.5, 0.6) is 0 Å². The van der Waals surface area contributed by atoms with Crippen molar-refractivity contribution in [2.45, 2.75) is 13.2 Å². The van der Waals surface area contributed by atoms with E-state index in [-0.39, 0.29) is 12.3 Å². The molecule has 0 aromatic heterocycles. The minimum Gasteiger partial charge on any atom is -0.463 e. The maximum atomic E-state index is 12.9. The first kappa shape index (κ1) is 13.4. The highest BCUT2D eigenvalue weighted by atomic mass is 19.2. The Hall–Kier alpha value is -1.69. The van der Waals surface area contributed by atoms with Gasteiger partial charge in [0.05, 0.1) is 6.61 Å². The molecule has 0 aliphatic rings. The number of hydrogen-bond acceptors (Lipinski definition) is 4. The van der Waals surface area contributed by atoms with Crippen molar-refractivity contribution in [3.8, 4) is 0 Å². The summed E-state index contributed by atoms with van der Waals surface area (Å²) in [6.45, 7) is 1.86.